The van der Waals surface area contributed by atoms with Gasteiger partial charge < -0.3 is 10.1 Å². The summed E-state index contributed by atoms with van der Waals surface area (Å²) in [5.74, 6) is -0.722. The Bertz CT molecular complexity index is 1390. The van der Waals surface area contributed by atoms with Gasteiger partial charge in [0.25, 0.3) is 0 Å². The third-order valence-electron chi connectivity index (χ3n) is 6.61. The van der Waals surface area contributed by atoms with E-state index in [-0.39, 0.29) is 31.5 Å². The number of aryl methyl sites for hydroxylation is 1. The lowest BCUT2D eigenvalue weighted by Crippen LogP contribution is -2.44. The van der Waals surface area contributed by atoms with Crippen LogP contribution >= 0.6 is 0 Å². The lowest BCUT2D eigenvalue weighted by molar-refractivity contribution is -0.159. The number of carbonyl (C=O) groups excluding carboxylic acids is 2. The predicted molar refractivity (Wildman–Crippen MR) is 143 cm³/mol. The van der Waals surface area contributed by atoms with Crippen LogP contribution in [0, 0.1) is 6.92 Å². The van der Waals surface area contributed by atoms with Crippen molar-refractivity contribution < 1.29 is 28.0 Å². The molecule has 10 nitrogen and oxygen atoms in total. The third-order valence-corrected chi connectivity index (χ3v) is 8.50. The molecule has 2 amide bonds. The Morgan fingerprint density at radius 2 is 1.89 bits per heavy atom. The van der Waals surface area contributed by atoms with E-state index in [1.807, 2.05) is 37.3 Å². The molecule has 1 saturated heterocycles. The number of nitrogens with zero attached hydrogens (tertiary/aromatic N) is 3. The summed E-state index contributed by atoms with van der Waals surface area (Å²) in [6.07, 6.45) is 1.17. The molecule has 2 N–H and O–H groups in total. The fourth-order valence-corrected chi connectivity index (χ4v) is 6.42. The second-order valence-corrected chi connectivity index (χ2v) is 11.4. The van der Waals surface area contributed by atoms with Crippen LogP contribution in [0.15, 0.2) is 54.6 Å². The number of sulfonamides is 1. The first kappa shape index (κ1) is 27.6. The van der Waals surface area contributed by atoms with Gasteiger partial charge in [-0.3, -0.25) is 19.8 Å². The van der Waals surface area contributed by atoms with E-state index in [2.05, 4.69) is 10.3 Å². The summed E-state index contributed by atoms with van der Waals surface area (Å²) in [6.45, 7) is 4.30. The Hall–Kier alpha value is -3.38. The molecular weight excluding hydrogens is 508 g/mol. The number of rotatable bonds is 10. The Morgan fingerprint density at radius 3 is 2.55 bits per heavy atom. The highest BCUT2D eigenvalue weighted by Crippen LogP contribution is 2.26. The maximum Gasteiger partial charge on any atom is 0.233 e. The molecular formula is C27H32N4O6S. The lowest BCUT2D eigenvalue weighted by atomic mass is 10.1. The van der Waals surface area contributed by atoms with Crippen LogP contribution in [-0.4, -0.2) is 65.2 Å². The minimum absolute atomic E-state index is 0.0879. The van der Waals surface area contributed by atoms with Gasteiger partial charge in [-0.25, -0.2) is 17.8 Å². The van der Waals surface area contributed by atoms with Crippen molar-refractivity contribution in [2.24, 2.45) is 0 Å². The molecule has 4 rings (SSSR count). The summed E-state index contributed by atoms with van der Waals surface area (Å²) in [5.41, 5.74) is 3.83. The fourth-order valence-electron chi connectivity index (χ4n) is 4.69. The van der Waals surface area contributed by atoms with Gasteiger partial charge in [-0.15, -0.1) is 0 Å². The number of ether oxygens (including phenoxy) is 1. The zero-order valence-electron chi connectivity index (χ0n) is 21.4. The van der Waals surface area contributed by atoms with E-state index in [1.54, 1.807) is 24.3 Å². The predicted octanol–water partition coefficient (Wildman–Crippen LogP) is 3.40. The number of piperidine rings is 1. The van der Waals surface area contributed by atoms with Crippen molar-refractivity contribution in [2.45, 2.75) is 45.4 Å². The molecule has 0 bridgehead atoms. The molecule has 202 valence electrons. The standard InChI is InChI=1S/C27H32N4O6S/c1-19-15-22(25-5-3-4-6-26(25)28-19)16-37-24-11-13-30(14-12-24)38(35,36)17-27(31(34)18-32)21-7-9-23(10-8-21)29-20(2)33/h3-10,15,18,24,27,34H,11-14,16-17H2,1-2H3,(H,29,33). The second kappa shape index (κ2) is 12.0. The van der Waals surface area contributed by atoms with Gasteiger partial charge in [0.1, 0.15) is 0 Å². The van der Waals surface area contributed by atoms with Crippen molar-refractivity contribution >= 4 is 38.9 Å². The number of anilines is 1. The molecule has 2 aromatic carbocycles. The molecule has 1 fully saturated rings. The minimum Gasteiger partial charge on any atom is -0.373 e. The van der Waals surface area contributed by atoms with Crippen LogP contribution in [0.1, 0.15) is 42.6 Å². The van der Waals surface area contributed by atoms with Crippen molar-refractivity contribution in [1.29, 1.82) is 0 Å². The molecule has 0 radical (unpaired) electrons. The first-order chi connectivity index (χ1) is 18.2. The SMILES string of the molecule is CC(=O)Nc1ccc(C(CS(=O)(=O)N2CCC(OCc3cc(C)nc4ccccc34)CC2)N(O)C=O)cc1. The molecule has 38 heavy (non-hydrogen) atoms. The number of nitrogens with one attached hydrogen (secondary N) is 1. The molecule has 1 aliphatic heterocycles. The van der Waals surface area contributed by atoms with E-state index >= 15 is 0 Å². The first-order valence-electron chi connectivity index (χ1n) is 12.4. The van der Waals surface area contributed by atoms with Crippen LogP contribution in [0.3, 0.4) is 0 Å². The minimum atomic E-state index is -3.80. The largest absolute Gasteiger partial charge is 0.373 e. The van der Waals surface area contributed by atoms with Crippen molar-refractivity contribution in [1.82, 2.24) is 14.4 Å². The highest BCUT2D eigenvalue weighted by molar-refractivity contribution is 7.89. The smallest absolute Gasteiger partial charge is 0.233 e. The van der Waals surface area contributed by atoms with Crippen molar-refractivity contribution in [3.8, 4) is 0 Å². The van der Waals surface area contributed by atoms with Gasteiger partial charge in [0.15, 0.2) is 0 Å². The van der Waals surface area contributed by atoms with E-state index in [4.69, 9.17) is 4.74 Å². The van der Waals surface area contributed by atoms with Gasteiger partial charge >= 0.3 is 0 Å². The second-order valence-electron chi connectivity index (χ2n) is 9.43. The number of hydrogen-bond donors (Lipinski definition) is 2. The number of amides is 2. The maximum atomic E-state index is 13.2. The van der Waals surface area contributed by atoms with E-state index in [9.17, 15) is 23.2 Å². The number of benzene rings is 2. The Morgan fingerprint density at radius 1 is 1.21 bits per heavy atom. The summed E-state index contributed by atoms with van der Waals surface area (Å²) < 4.78 is 34.0. The maximum absolute atomic E-state index is 13.2. The molecule has 1 aromatic heterocycles. The van der Waals surface area contributed by atoms with E-state index in [1.165, 1.54) is 11.2 Å². The summed E-state index contributed by atoms with van der Waals surface area (Å²) >= 11 is 0. The molecule has 0 saturated carbocycles. The number of aromatic nitrogens is 1. The number of hydrogen-bond acceptors (Lipinski definition) is 7. The zero-order chi connectivity index (χ0) is 27.3. The Balaban J connectivity index is 1.37. The Labute approximate surface area is 222 Å². The van der Waals surface area contributed by atoms with Gasteiger partial charge in [0.2, 0.25) is 22.3 Å². The van der Waals surface area contributed by atoms with Crippen LogP contribution in [0.2, 0.25) is 0 Å². The summed E-state index contributed by atoms with van der Waals surface area (Å²) in [6, 6.07) is 15.1. The normalized spacial score (nSPS) is 15.8. The van der Waals surface area contributed by atoms with Gasteiger partial charge in [-0.1, -0.05) is 30.3 Å². The summed E-state index contributed by atoms with van der Waals surface area (Å²) in [4.78, 5) is 27.1. The molecule has 1 aliphatic rings. The monoisotopic (exact) mass is 540 g/mol. The lowest BCUT2D eigenvalue weighted by Gasteiger charge is -2.33. The fraction of sp³-hybridized carbons (Fsp3) is 0.370. The number of para-hydroxylation sites is 1. The topological polar surface area (TPSA) is 129 Å². The molecule has 0 spiro atoms. The van der Waals surface area contributed by atoms with Crippen molar-refractivity contribution in [2.75, 3.05) is 24.2 Å². The summed E-state index contributed by atoms with van der Waals surface area (Å²) in [7, 11) is -3.80. The average molecular weight is 541 g/mol. The number of fused-ring (bicyclic) bond motifs is 1. The molecule has 1 atom stereocenters. The van der Waals surface area contributed by atoms with Gasteiger partial charge in [0.05, 0.1) is 30.0 Å². The molecule has 11 heteroatoms. The Kier molecular flexibility index (Phi) is 8.72. The van der Waals surface area contributed by atoms with Crippen LogP contribution in [0.25, 0.3) is 10.9 Å². The number of hydroxylamine groups is 2. The number of carbonyl (C=O) groups is 2. The van der Waals surface area contributed by atoms with Crippen LogP contribution < -0.4 is 5.32 Å². The van der Waals surface area contributed by atoms with Crippen molar-refractivity contribution in [3.63, 3.8) is 0 Å². The number of pyridine rings is 1. The third kappa shape index (κ3) is 6.73. The molecule has 2 heterocycles. The quantitative estimate of drug-likeness (QED) is 0.229. The molecule has 1 unspecified atom stereocenters. The highest BCUT2D eigenvalue weighted by Gasteiger charge is 2.33. The van der Waals surface area contributed by atoms with E-state index < -0.39 is 21.8 Å². The van der Waals surface area contributed by atoms with Gasteiger partial charge in [-0.05, 0) is 55.2 Å². The first-order valence-corrected chi connectivity index (χ1v) is 14.0. The molecule has 0 aliphatic carbocycles. The molecule has 3 aromatic rings. The van der Waals surface area contributed by atoms with Crippen LogP contribution in [0.5, 0.6) is 0 Å². The van der Waals surface area contributed by atoms with Crippen LogP contribution in [0.4, 0.5) is 5.69 Å². The van der Waals surface area contributed by atoms with Crippen molar-refractivity contribution in [3.05, 3.63) is 71.4 Å². The van der Waals surface area contributed by atoms with Gasteiger partial charge in [-0.2, -0.15) is 0 Å². The average Bonchev–Trinajstić information content (AvgIpc) is 2.90. The van der Waals surface area contributed by atoms with Gasteiger partial charge in [0, 0.05) is 36.8 Å². The summed E-state index contributed by atoms with van der Waals surface area (Å²) in [5, 5.41) is 14.2. The van der Waals surface area contributed by atoms with Crippen LogP contribution in [-0.2, 0) is 31.0 Å². The zero-order valence-corrected chi connectivity index (χ0v) is 22.2. The van der Waals surface area contributed by atoms with E-state index in [0.29, 0.717) is 35.8 Å². The van der Waals surface area contributed by atoms with E-state index in [0.717, 1.165) is 22.2 Å². The highest BCUT2D eigenvalue weighted by atomic mass is 32.2.